The molecule has 1 amide bonds. The molecule has 1 aromatic rings. The first-order valence-corrected chi connectivity index (χ1v) is 9.36. The summed E-state index contributed by atoms with van der Waals surface area (Å²) in [6, 6.07) is 7.22. The van der Waals surface area contributed by atoms with Crippen LogP contribution < -0.4 is 5.32 Å². The molecule has 0 bridgehead atoms. The van der Waals surface area contributed by atoms with E-state index in [0.29, 0.717) is 18.1 Å². The normalized spacial score (nSPS) is 22.4. The van der Waals surface area contributed by atoms with Crippen LogP contribution in [0.1, 0.15) is 24.8 Å². The number of rotatable bonds is 4. The van der Waals surface area contributed by atoms with Gasteiger partial charge in [-0.05, 0) is 36.0 Å². The van der Waals surface area contributed by atoms with E-state index in [2.05, 4.69) is 5.32 Å². The summed E-state index contributed by atoms with van der Waals surface area (Å²) in [6.45, 7) is 0.739. The van der Waals surface area contributed by atoms with E-state index >= 15 is 0 Å². The summed E-state index contributed by atoms with van der Waals surface area (Å²) in [4.78, 5) is 12.0. The fourth-order valence-electron chi connectivity index (χ4n) is 3.19. The quantitative estimate of drug-likeness (QED) is 0.906. The van der Waals surface area contributed by atoms with Crippen molar-refractivity contribution in [2.75, 3.05) is 18.8 Å². The smallest absolute Gasteiger partial charge is 0.235 e. The van der Waals surface area contributed by atoms with Gasteiger partial charge in [0.2, 0.25) is 15.9 Å². The van der Waals surface area contributed by atoms with E-state index in [1.807, 2.05) is 12.1 Å². The minimum absolute atomic E-state index is 0.0912. The number of nitrogens with zero attached hydrogens (tertiary/aromatic N) is 1. The molecule has 1 aliphatic carbocycles. The Balaban J connectivity index is 1.55. The molecular formula is C15H19ClN2O3S. The number of nitrogens with one attached hydrogen (secondary N) is 1. The number of amides is 1. The van der Waals surface area contributed by atoms with Gasteiger partial charge in [0.15, 0.2) is 0 Å². The molecule has 120 valence electrons. The summed E-state index contributed by atoms with van der Waals surface area (Å²) in [5.74, 6) is -0.0818. The number of sulfonamides is 1. The molecule has 1 spiro atoms. The highest BCUT2D eigenvalue weighted by atomic mass is 35.5. The summed E-state index contributed by atoms with van der Waals surface area (Å²) >= 11 is 5.89. The Labute approximate surface area is 135 Å². The predicted molar refractivity (Wildman–Crippen MR) is 84.9 cm³/mol. The van der Waals surface area contributed by atoms with Crippen molar-refractivity contribution in [2.45, 2.75) is 25.8 Å². The first-order valence-electron chi connectivity index (χ1n) is 7.38. The lowest BCUT2D eigenvalue weighted by Gasteiger charge is -2.36. The van der Waals surface area contributed by atoms with E-state index in [1.54, 1.807) is 12.1 Å². The standard InChI is InChI=1S/C15H19ClN2O3S/c16-13-4-1-3-12(7-13)8-17-14(19)9-18-10-15(5-2-6-15)11-22(18,20)21/h1,3-4,7H,2,5-6,8-11H2,(H,17,19). The van der Waals surface area contributed by atoms with E-state index < -0.39 is 10.0 Å². The predicted octanol–water partition coefficient (Wildman–Crippen LogP) is 1.77. The Morgan fingerprint density at radius 3 is 2.73 bits per heavy atom. The highest BCUT2D eigenvalue weighted by Crippen LogP contribution is 2.47. The molecule has 1 saturated carbocycles. The maximum Gasteiger partial charge on any atom is 0.235 e. The third-order valence-corrected chi connectivity index (χ3v) is 6.76. The van der Waals surface area contributed by atoms with Crippen LogP contribution in [0.5, 0.6) is 0 Å². The Kier molecular flexibility index (Phi) is 4.18. The zero-order valence-corrected chi connectivity index (χ0v) is 13.8. The maximum atomic E-state index is 12.2. The molecule has 1 saturated heterocycles. The molecule has 0 radical (unpaired) electrons. The third-order valence-electron chi connectivity index (χ3n) is 4.51. The number of carbonyl (C=O) groups excluding carboxylic acids is 1. The van der Waals surface area contributed by atoms with E-state index in [1.165, 1.54) is 4.31 Å². The second-order valence-electron chi connectivity index (χ2n) is 6.28. The molecule has 1 heterocycles. The summed E-state index contributed by atoms with van der Waals surface area (Å²) in [6.07, 6.45) is 2.99. The van der Waals surface area contributed by atoms with Gasteiger partial charge in [0.05, 0.1) is 12.3 Å². The molecular weight excluding hydrogens is 324 g/mol. The van der Waals surface area contributed by atoms with Crippen LogP contribution in [0.15, 0.2) is 24.3 Å². The van der Waals surface area contributed by atoms with Gasteiger partial charge in [-0.3, -0.25) is 4.79 Å². The molecule has 1 aliphatic heterocycles. The minimum atomic E-state index is -3.29. The molecule has 2 aliphatic rings. The molecule has 7 heteroatoms. The first-order chi connectivity index (χ1) is 10.4. The molecule has 1 N–H and O–H groups in total. The number of hydrogen-bond acceptors (Lipinski definition) is 3. The lowest BCUT2D eigenvalue weighted by Crippen LogP contribution is -2.39. The third kappa shape index (κ3) is 3.29. The minimum Gasteiger partial charge on any atom is -0.351 e. The van der Waals surface area contributed by atoms with Gasteiger partial charge in [-0.2, -0.15) is 4.31 Å². The van der Waals surface area contributed by atoms with Crippen molar-refractivity contribution in [1.29, 1.82) is 0 Å². The van der Waals surface area contributed by atoms with Crippen LogP contribution in [0.2, 0.25) is 5.02 Å². The zero-order valence-electron chi connectivity index (χ0n) is 12.2. The Hall–Kier alpha value is -1.11. The van der Waals surface area contributed by atoms with Crippen LogP contribution in [0.3, 0.4) is 0 Å². The SMILES string of the molecule is O=C(CN1CC2(CCC2)CS1(=O)=O)NCc1cccc(Cl)c1. The molecule has 0 atom stereocenters. The summed E-state index contributed by atoms with van der Waals surface area (Å²) < 4.78 is 25.6. The van der Waals surface area contributed by atoms with Gasteiger partial charge in [0.25, 0.3) is 0 Å². The lowest BCUT2D eigenvalue weighted by atomic mass is 9.70. The average molecular weight is 343 g/mol. The van der Waals surface area contributed by atoms with Crippen molar-refractivity contribution < 1.29 is 13.2 Å². The van der Waals surface area contributed by atoms with Crippen molar-refractivity contribution in [1.82, 2.24) is 9.62 Å². The topological polar surface area (TPSA) is 66.5 Å². The van der Waals surface area contributed by atoms with Gasteiger partial charge >= 0.3 is 0 Å². The molecule has 0 aromatic heterocycles. The van der Waals surface area contributed by atoms with Gasteiger partial charge in [-0.1, -0.05) is 30.2 Å². The highest BCUT2D eigenvalue weighted by molar-refractivity contribution is 7.89. The number of benzene rings is 1. The van der Waals surface area contributed by atoms with Gasteiger partial charge in [-0.25, -0.2) is 8.42 Å². The Morgan fingerprint density at radius 2 is 2.14 bits per heavy atom. The van der Waals surface area contributed by atoms with Crippen LogP contribution in [-0.2, 0) is 21.4 Å². The van der Waals surface area contributed by atoms with Crippen LogP contribution in [0.4, 0.5) is 0 Å². The lowest BCUT2D eigenvalue weighted by molar-refractivity contribution is -0.121. The van der Waals surface area contributed by atoms with Crippen molar-refractivity contribution in [3.8, 4) is 0 Å². The molecule has 3 rings (SSSR count). The number of hydrogen-bond donors (Lipinski definition) is 1. The molecule has 5 nitrogen and oxygen atoms in total. The molecule has 22 heavy (non-hydrogen) atoms. The van der Waals surface area contributed by atoms with E-state index in [9.17, 15) is 13.2 Å². The van der Waals surface area contributed by atoms with Gasteiger partial charge in [0, 0.05) is 18.1 Å². The van der Waals surface area contributed by atoms with E-state index in [0.717, 1.165) is 24.8 Å². The maximum absolute atomic E-state index is 12.2. The zero-order chi connectivity index (χ0) is 15.8. The second-order valence-corrected chi connectivity index (χ2v) is 8.69. The van der Waals surface area contributed by atoms with Crippen molar-refractivity contribution in [3.63, 3.8) is 0 Å². The van der Waals surface area contributed by atoms with Gasteiger partial charge < -0.3 is 5.32 Å². The van der Waals surface area contributed by atoms with Crippen molar-refractivity contribution >= 4 is 27.5 Å². The Morgan fingerprint density at radius 1 is 1.36 bits per heavy atom. The average Bonchev–Trinajstić information content (AvgIpc) is 2.69. The van der Waals surface area contributed by atoms with Crippen molar-refractivity contribution in [2.24, 2.45) is 5.41 Å². The largest absolute Gasteiger partial charge is 0.351 e. The van der Waals surface area contributed by atoms with E-state index in [4.69, 9.17) is 11.6 Å². The van der Waals surface area contributed by atoms with Crippen LogP contribution in [0, 0.1) is 5.41 Å². The number of carbonyl (C=O) groups is 1. The van der Waals surface area contributed by atoms with Gasteiger partial charge in [0.1, 0.15) is 0 Å². The van der Waals surface area contributed by atoms with Crippen molar-refractivity contribution in [3.05, 3.63) is 34.9 Å². The monoisotopic (exact) mass is 342 g/mol. The molecule has 0 unspecified atom stereocenters. The Bertz CT molecular complexity index is 686. The fraction of sp³-hybridized carbons (Fsp3) is 0.533. The summed E-state index contributed by atoms with van der Waals surface area (Å²) in [5, 5.41) is 3.36. The fourth-order valence-corrected chi connectivity index (χ4v) is 5.53. The van der Waals surface area contributed by atoms with E-state index in [-0.39, 0.29) is 23.6 Å². The first kappa shape index (κ1) is 15.8. The number of halogens is 1. The highest BCUT2D eigenvalue weighted by Gasteiger charge is 2.51. The molecule has 2 fully saturated rings. The molecule has 1 aromatic carbocycles. The summed E-state index contributed by atoms with van der Waals surface area (Å²) in [7, 11) is -3.29. The van der Waals surface area contributed by atoms with Crippen LogP contribution >= 0.6 is 11.6 Å². The van der Waals surface area contributed by atoms with Gasteiger partial charge in [-0.15, -0.1) is 0 Å². The van der Waals surface area contributed by atoms with Crippen LogP contribution in [-0.4, -0.2) is 37.5 Å². The second kappa shape index (κ2) is 5.83. The summed E-state index contributed by atoms with van der Waals surface area (Å²) in [5.41, 5.74) is 0.798. The van der Waals surface area contributed by atoms with Crippen LogP contribution in [0.25, 0.3) is 0 Å².